The van der Waals surface area contributed by atoms with Crippen molar-refractivity contribution in [3.8, 4) is 11.5 Å². The van der Waals surface area contributed by atoms with Gasteiger partial charge in [0, 0.05) is 12.5 Å². The van der Waals surface area contributed by atoms with E-state index in [9.17, 15) is 0 Å². The van der Waals surface area contributed by atoms with Crippen LogP contribution in [0.15, 0.2) is 26.9 Å². The van der Waals surface area contributed by atoms with Gasteiger partial charge in [0.05, 0.1) is 19.4 Å². The summed E-state index contributed by atoms with van der Waals surface area (Å²) in [6.45, 7) is 0.765. The molecular formula is C12H17N5O2S. The lowest BCUT2D eigenvalue weighted by molar-refractivity contribution is 0.116. The molecule has 1 atom stereocenters. The molecule has 2 heterocycles. The highest BCUT2D eigenvalue weighted by atomic mass is 32.1. The Labute approximate surface area is 120 Å². The minimum Gasteiger partial charge on any atom is -0.458 e. The Hall–Kier alpha value is -1.74. The second-order valence-corrected chi connectivity index (χ2v) is 4.78. The predicted molar refractivity (Wildman–Crippen MR) is 79.7 cm³/mol. The standard InChI is InChI=1S/C12H17N5O2S/c1-18-11(14)5-15-7-16-12-17-9(6-20-12)10-3-2-8(4-13)19-10/h2-3,6-7,11H,4-5,13-14H2,1H3,(H,15,16,17). The van der Waals surface area contributed by atoms with Crippen LogP contribution in [0.3, 0.4) is 0 Å². The van der Waals surface area contributed by atoms with Gasteiger partial charge in [-0.05, 0) is 12.1 Å². The zero-order chi connectivity index (χ0) is 14.4. The molecule has 0 amide bonds. The van der Waals surface area contributed by atoms with E-state index in [0.717, 1.165) is 16.6 Å². The van der Waals surface area contributed by atoms with Crippen LogP contribution in [0, 0.1) is 0 Å². The van der Waals surface area contributed by atoms with Gasteiger partial charge in [-0.2, -0.15) is 0 Å². The van der Waals surface area contributed by atoms with E-state index in [1.165, 1.54) is 11.3 Å². The summed E-state index contributed by atoms with van der Waals surface area (Å²) in [5, 5.41) is 5.59. The average Bonchev–Trinajstić information content (AvgIpc) is 3.11. The molecule has 0 bridgehead atoms. The molecule has 0 aliphatic heterocycles. The molecule has 5 N–H and O–H groups in total. The zero-order valence-corrected chi connectivity index (χ0v) is 11.9. The van der Waals surface area contributed by atoms with Gasteiger partial charge in [0.2, 0.25) is 0 Å². The molecule has 0 saturated heterocycles. The molecule has 0 saturated carbocycles. The number of furan rings is 1. The van der Waals surface area contributed by atoms with Gasteiger partial charge in [0.15, 0.2) is 10.9 Å². The van der Waals surface area contributed by atoms with Crippen LogP contribution in [0.2, 0.25) is 0 Å². The van der Waals surface area contributed by atoms with Crippen LogP contribution in [0.1, 0.15) is 5.76 Å². The molecule has 2 aromatic rings. The fourth-order valence-corrected chi connectivity index (χ4v) is 2.07. The summed E-state index contributed by atoms with van der Waals surface area (Å²) < 4.78 is 10.4. The summed E-state index contributed by atoms with van der Waals surface area (Å²) in [6.07, 6.45) is 1.16. The lowest BCUT2D eigenvalue weighted by Gasteiger charge is -2.03. The van der Waals surface area contributed by atoms with E-state index in [-0.39, 0.29) is 0 Å². The molecule has 2 rings (SSSR count). The van der Waals surface area contributed by atoms with Crippen LogP contribution in [-0.2, 0) is 11.3 Å². The van der Waals surface area contributed by atoms with Crippen molar-refractivity contribution in [1.29, 1.82) is 0 Å². The quantitative estimate of drug-likeness (QED) is 0.402. The fourth-order valence-electron chi connectivity index (χ4n) is 1.41. The van der Waals surface area contributed by atoms with Crippen molar-refractivity contribution in [3.63, 3.8) is 0 Å². The number of aromatic nitrogens is 1. The second-order valence-electron chi connectivity index (χ2n) is 3.92. The summed E-state index contributed by atoms with van der Waals surface area (Å²) in [6, 6.07) is 3.70. The monoisotopic (exact) mass is 295 g/mol. The number of aliphatic imine (C=N–C) groups is 1. The number of nitrogens with one attached hydrogen (secondary N) is 1. The van der Waals surface area contributed by atoms with Crippen LogP contribution in [0.5, 0.6) is 0 Å². The van der Waals surface area contributed by atoms with Gasteiger partial charge in [-0.15, -0.1) is 11.3 Å². The van der Waals surface area contributed by atoms with Gasteiger partial charge in [-0.3, -0.25) is 4.99 Å². The van der Waals surface area contributed by atoms with E-state index in [1.54, 1.807) is 13.4 Å². The lowest BCUT2D eigenvalue weighted by atomic mass is 10.3. The number of hydrogen-bond donors (Lipinski definition) is 3. The van der Waals surface area contributed by atoms with Crippen LogP contribution in [-0.4, -0.2) is 31.2 Å². The molecule has 0 radical (unpaired) electrons. The van der Waals surface area contributed by atoms with Gasteiger partial charge in [-0.25, -0.2) is 4.98 Å². The summed E-state index contributed by atoms with van der Waals surface area (Å²) in [5.74, 6) is 1.44. The van der Waals surface area contributed by atoms with E-state index < -0.39 is 6.23 Å². The number of nitrogens with zero attached hydrogens (tertiary/aromatic N) is 2. The van der Waals surface area contributed by atoms with Crippen LogP contribution < -0.4 is 16.8 Å². The Bertz CT molecular complexity index is 566. The van der Waals surface area contributed by atoms with E-state index in [0.29, 0.717) is 18.8 Å². The zero-order valence-electron chi connectivity index (χ0n) is 11.1. The molecule has 0 aromatic carbocycles. The van der Waals surface area contributed by atoms with E-state index >= 15 is 0 Å². The van der Waals surface area contributed by atoms with Crippen molar-refractivity contribution in [2.24, 2.45) is 16.5 Å². The molecular weight excluding hydrogens is 278 g/mol. The number of nitrogens with two attached hydrogens (primary N) is 2. The number of thiazole rings is 1. The lowest BCUT2D eigenvalue weighted by Crippen LogP contribution is -2.25. The van der Waals surface area contributed by atoms with Crippen molar-refractivity contribution < 1.29 is 9.15 Å². The fraction of sp³-hybridized carbons (Fsp3) is 0.333. The Morgan fingerprint density at radius 3 is 3.15 bits per heavy atom. The number of methoxy groups -OCH3 is 1. The van der Waals surface area contributed by atoms with E-state index in [4.69, 9.17) is 20.6 Å². The summed E-state index contributed by atoms with van der Waals surface area (Å²) in [5.41, 5.74) is 11.8. The van der Waals surface area contributed by atoms with Crippen LogP contribution in [0.4, 0.5) is 5.13 Å². The summed E-state index contributed by atoms with van der Waals surface area (Å²) in [7, 11) is 1.54. The SMILES string of the molecule is COC(N)CN=CNc1nc(-c2ccc(CN)o2)cs1. The molecule has 2 aromatic heterocycles. The maximum absolute atomic E-state index is 5.55. The summed E-state index contributed by atoms with van der Waals surface area (Å²) >= 11 is 1.46. The third kappa shape index (κ3) is 3.87. The van der Waals surface area contributed by atoms with Crippen molar-refractivity contribution in [3.05, 3.63) is 23.3 Å². The van der Waals surface area contributed by atoms with Crippen molar-refractivity contribution >= 4 is 22.8 Å². The molecule has 0 fully saturated rings. The molecule has 0 aliphatic rings. The van der Waals surface area contributed by atoms with Gasteiger partial charge >= 0.3 is 0 Å². The highest BCUT2D eigenvalue weighted by molar-refractivity contribution is 7.14. The van der Waals surface area contributed by atoms with Crippen LogP contribution >= 0.6 is 11.3 Å². The maximum Gasteiger partial charge on any atom is 0.188 e. The van der Waals surface area contributed by atoms with Gasteiger partial charge in [-0.1, -0.05) is 0 Å². The highest BCUT2D eigenvalue weighted by Gasteiger charge is 2.08. The van der Waals surface area contributed by atoms with Crippen molar-refractivity contribution in [2.45, 2.75) is 12.8 Å². The van der Waals surface area contributed by atoms with Crippen LogP contribution in [0.25, 0.3) is 11.5 Å². The number of hydrogen-bond acceptors (Lipinski definition) is 7. The molecule has 7 nitrogen and oxygen atoms in total. The van der Waals surface area contributed by atoms with Crippen molar-refractivity contribution in [1.82, 2.24) is 4.98 Å². The minimum absolute atomic E-state index is 0.377. The molecule has 1 unspecified atom stereocenters. The number of rotatable bonds is 7. The second kappa shape index (κ2) is 7.15. The third-order valence-electron chi connectivity index (χ3n) is 2.49. The number of ether oxygens (including phenoxy) is 1. The maximum atomic E-state index is 5.55. The topological polar surface area (TPSA) is 112 Å². The smallest absolute Gasteiger partial charge is 0.188 e. The normalized spacial score (nSPS) is 12.9. The molecule has 0 spiro atoms. The number of anilines is 1. The molecule has 20 heavy (non-hydrogen) atoms. The first-order chi connectivity index (χ1) is 9.72. The first kappa shape index (κ1) is 14.7. The molecule has 108 valence electrons. The molecule has 8 heteroatoms. The Morgan fingerprint density at radius 2 is 2.45 bits per heavy atom. The summed E-state index contributed by atoms with van der Waals surface area (Å²) in [4.78, 5) is 8.46. The van der Waals surface area contributed by atoms with Crippen molar-refractivity contribution in [2.75, 3.05) is 19.0 Å². The van der Waals surface area contributed by atoms with E-state index in [1.807, 2.05) is 17.5 Å². The Kier molecular flexibility index (Phi) is 5.24. The van der Waals surface area contributed by atoms with E-state index in [2.05, 4.69) is 15.3 Å². The largest absolute Gasteiger partial charge is 0.458 e. The average molecular weight is 295 g/mol. The van der Waals surface area contributed by atoms with Gasteiger partial charge in [0.25, 0.3) is 0 Å². The highest BCUT2D eigenvalue weighted by Crippen LogP contribution is 2.26. The molecule has 0 aliphatic carbocycles. The van der Waals surface area contributed by atoms with Gasteiger partial charge in [0.1, 0.15) is 17.7 Å². The minimum atomic E-state index is -0.391. The first-order valence-electron chi connectivity index (χ1n) is 6.01. The van der Waals surface area contributed by atoms with Gasteiger partial charge < -0.3 is 25.9 Å². The Balaban J connectivity index is 1.92. The predicted octanol–water partition coefficient (Wildman–Crippen LogP) is 1.23. The third-order valence-corrected chi connectivity index (χ3v) is 3.26. The Morgan fingerprint density at radius 1 is 1.60 bits per heavy atom. The first-order valence-corrected chi connectivity index (χ1v) is 6.88.